The van der Waals surface area contributed by atoms with Crippen molar-refractivity contribution >= 4 is 11.7 Å². The number of allylic oxidation sites excluding steroid dienone is 3. The van der Waals surface area contributed by atoms with Crippen molar-refractivity contribution in [1.29, 1.82) is 0 Å². The van der Waals surface area contributed by atoms with Gasteiger partial charge >= 0.3 is 6.18 Å². The molecule has 3 rings (SSSR count). The molecule has 4 nitrogen and oxygen atoms in total. The summed E-state index contributed by atoms with van der Waals surface area (Å²) in [5.41, 5.74) is 0.470. The number of amides is 1. The first kappa shape index (κ1) is 30.6. The summed E-state index contributed by atoms with van der Waals surface area (Å²) in [7, 11) is 0. The summed E-state index contributed by atoms with van der Waals surface area (Å²) in [5.74, 6) is -0.745. The number of carbonyl (C=O) groups excluding carboxylic acids is 2. The number of carbonyl (C=O) groups is 2. The van der Waals surface area contributed by atoms with Crippen LogP contribution in [0.1, 0.15) is 112 Å². The smallest absolute Gasteiger partial charge is 0.366 e. The molecule has 0 spiro atoms. The predicted molar refractivity (Wildman–Crippen MR) is 144 cm³/mol. The fraction of sp³-hybridized carbons (Fsp3) is 0.742. The van der Waals surface area contributed by atoms with Crippen molar-refractivity contribution in [3.63, 3.8) is 0 Å². The molecule has 3 aliphatic rings. The maximum Gasteiger partial charge on any atom is 0.417 e. The number of nitrogens with zero attached hydrogens (tertiary/aromatic N) is 1. The van der Waals surface area contributed by atoms with Crippen molar-refractivity contribution in [3.05, 3.63) is 34.6 Å². The predicted octanol–water partition coefficient (Wildman–Crippen LogP) is 8.23. The number of fused-ring (bicyclic) bond motifs is 1. The van der Waals surface area contributed by atoms with Crippen LogP contribution in [-0.4, -0.2) is 41.5 Å². The number of ketones is 1. The minimum atomic E-state index is -4.47. The lowest BCUT2D eigenvalue weighted by Crippen LogP contribution is -2.52. The summed E-state index contributed by atoms with van der Waals surface area (Å²) >= 11 is 0. The van der Waals surface area contributed by atoms with E-state index in [4.69, 9.17) is 4.74 Å². The van der Waals surface area contributed by atoms with Crippen LogP contribution in [0.2, 0.25) is 0 Å². The third-order valence-corrected chi connectivity index (χ3v) is 8.34. The standard InChI is InChI=1S/C31H46F3NO3/c1-22-25-15-16-26(36)23(2)27(25)35(28(22)37)21-24-14-13-18-30(20-24,31(32,33)34)38-19-12-10-8-6-7-9-11-17-29(3,4)5/h15-16,24H,6-14,17-21H2,1-5H3. The average Bonchev–Trinajstić information content (AvgIpc) is 3.06. The fourth-order valence-electron chi connectivity index (χ4n) is 6.07. The summed E-state index contributed by atoms with van der Waals surface area (Å²) in [5, 5.41) is 0. The average molecular weight is 538 g/mol. The number of hydrogen-bond donors (Lipinski definition) is 0. The second-order valence-electron chi connectivity index (χ2n) is 12.7. The molecule has 38 heavy (non-hydrogen) atoms. The number of halogens is 3. The van der Waals surface area contributed by atoms with E-state index in [2.05, 4.69) is 20.8 Å². The normalized spacial score (nSPS) is 24.6. The molecule has 1 fully saturated rings. The lowest BCUT2D eigenvalue weighted by atomic mass is 9.77. The zero-order valence-electron chi connectivity index (χ0n) is 23.9. The van der Waals surface area contributed by atoms with E-state index in [1.807, 2.05) is 0 Å². The lowest BCUT2D eigenvalue weighted by molar-refractivity contribution is -0.292. The van der Waals surface area contributed by atoms with E-state index >= 15 is 0 Å². The van der Waals surface area contributed by atoms with Gasteiger partial charge in [0.2, 0.25) is 0 Å². The third kappa shape index (κ3) is 7.40. The molecule has 0 aromatic carbocycles. The number of ether oxygens (including phenoxy) is 1. The molecule has 7 heteroatoms. The number of alkyl halides is 3. The SMILES string of the molecule is CC1=C2C=CC(=O)C(C)=C2N(CC2CCCC(OCCCCCCCCCC(C)(C)C)(C(F)(F)F)C2)C1=O. The van der Waals surface area contributed by atoms with Crippen LogP contribution in [0.5, 0.6) is 0 Å². The summed E-state index contributed by atoms with van der Waals surface area (Å²) in [4.78, 5) is 26.8. The largest absolute Gasteiger partial charge is 0.417 e. The second-order valence-corrected chi connectivity index (χ2v) is 12.7. The second kappa shape index (κ2) is 12.5. The Labute approximate surface area is 226 Å². The Kier molecular flexibility index (Phi) is 10.1. The van der Waals surface area contributed by atoms with Gasteiger partial charge in [-0.25, -0.2) is 0 Å². The molecule has 0 N–H and O–H groups in total. The summed E-state index contributed by atoms with van der Waals surface area (Å²) in [6.45, 7) is 10.4. The molecule has 0 aromatic heterocycles. The van der Waals surface area contributed by atoms with E-state index in [0.29, 0.717) is 47.1 Å². The first-order valence-corrected chi connectivity index (χ1v) is 14.4. The molecular weight excluding hydrogens is 491 g/mol. The Bertz CT molecular complexity index is 970. The highest BCUT2D eigenvalue weighted by Crippen LogP contribution is 2.47. The van der Waals surface area contributed by atoms with E-state index in [1.165, 1.54) is 36.7 Å². The summed E-state index contributed by atoms with van der Waals surface area (Å²) < 4.78 is 48.8. The topological polar surface area (TPSA) is 46.6 Å². The molecule has 2 unspecified atom stereocenters. The van der Waals surface area contributed by atoms with E-state index in [0.717, 1.165) is 19.3 Å². The van der Waals surface area contributed by atoms with E-state index < -0.39 is 11.8 Å². The van der Waals surface area contributed by atoms with Crippen LogP contribution < -0.4 is 0 Å². The first-order valence-electron chi connectivity index (χ1n) is 14.4. The number of rotatable bonds is 12. The molecule has 2 aliphatic carbocycles. The Morgan fingerprint density at radius 1 is 0.947 bits per heavy atom. The van der Waals surface area contributed by atoms with Crippen molar-refractivity contribution in [2.45, 2.75) is 123 Å². The molecule has 0 radical (unpaired) electrons. The minimum Gasteiger partial charge on any atom is -0.366 e. The van der Waals surface area contributed by atoms with Crippen molar-refractivity contribution in [2.75, 3.05) is 13.2 Å². The van der Waals surface area contributed by atoms with Gasteiger partial charge in [0, 0.05) is 29.9 Å². The monoisotopic (exact) mass is 537 g/mol. The first-order chi connectivity index (χ1) is 17.8. The summed E-state index contributed by atoms with van der Waals surface area (Å²) in [6, 6.07) is 0. The molecule has 0 aromatic rings. The lowest BCUT2D eigenvalue weighted by Gasteiger charge is -2.43. The molecule has 2 atom stereocenters. The molecule has 1 saturated carbocycles. The maximum atomic E-state index is 14.4. The zero-order chi connectivity index (χ0) is 28.1. The van der Waals surface area contributed by atoms with Crippen LogP contribution in [0.3, 0.4) is 0 Å². The Hall–Kier alpha value is -1.89. The van der Waals surface area contributed by atoms with Crippen LogP contribution >= 0.6 is 0 Å². The van der Waals surface area contributed by atoms with Crippen LogP contribution in [0.25, 0.3) is 0 Å². The Morgan fingerprint density at radius 2 is 1.58 bits per heavy atom. The van der Waals surface area contributed by atoms with Gasteiger partial charge in [-0.3, -0.25) is 9.59 Å². The van der Waals surface area contributed by atoms with Crippen molar-refractivity contribution in [2.24, 2.45) is 11.3 Å². The van der Waals surface area contributed by atoms with Gasteiger partial charge in [-0.15, -0.1) is 0 Å². The molecule has 214 valence electrons. The fourth-order valence-corrected chi connectivity index (χ4v) is 6.07. The quantitative estimate of drug-likeness (QED) is 0.236. The zero-order valence-corrected chi connectivity index (χ0v) is 23.9. The van der Waals surface area contributed by atoms with Gasteiger partial charge in [0.25, 0.3) is 5.91 Å². The molecular formula is C31H46F3NO3. The highest BCUT2D eigenvalue weighted by Gasteiger charge is 2.58. The van der Waals surface area contributed by atoms with Gasteiger partial charge in [0.05, 0.1) is 5.70 Å². The van der Waals surface area contributed by atoms with Gasteiger partial charge in [-0.2, -0.15) is 13.2 Å². The molecule has 0 bridgehead atoms. The van der Waals surface area contributed by atoms with Gasteiger partial charge < -0.3 is 9.64 Å². The summed E-state index contributed by atoms with van der Waals surface area (Å²) in [6.07, 6.45) is 7.91. The Morgan fingerprint density at radius 3 is 2.21 bits per heavy atom. The molecule has 1 heterocycles. The maximum absolute atomic E-state index is 14.4. The Balaban J connectivity index is 1.51. The van der Waals surface area contributed by atoms with Gasteiger partial charge in [0.15, 0.2) is 11.4 Å². The van der Waals surface area contributed by atoms with Crippen molar-refractivity contribution in [3.8, 4) is 0 Å². The van der Waals surface area contributed by atoms with Gasteiger partial charge in [-0.1, -0.05) is 59.3 Å². The highest BCUT2D eigenvalue weighted by atomic mass is 19.4. The van der Waals surface area contributed by atoms with Gasteiger partial charge in [0.1, 0.15) is 0 Å². The van der Waals surface area contributed by atoms with Crippen LogP contribution in [-0.2, 0) is 14.3 Å². The van der Waals surface area contributed by atoms with Crippen molar-refractivity contribution < 1.29 is 27.5 Å². The van der Waals surface area contributed by atoms with Crippen LogP contribution in [0.4, 0.5) is 13.2 Å². The number of hydrogen-bond acceptors (Lipinski definition) is 3. The molecule has 1 amide bonds. The van der Waals surface area contributed by atoms with Crippen LogP contribution in [0.15, 0.2) is 34.6 Å². The number of unbranched alkanes of at least 4 members (excludes halogenated alkanes) is 6. The minimum absolute atomic E-state index is 0.0415. The van der Waals surface area contributed by atoms with E-state index in [9.17, 15) is 22.8 Å². The van der Waals surface area contributed by atoms with E-state index in [1.54, 1.807) is 19.9 Å². The van der Waals surface area contributed by atoms with Crippen molar-refractivity contribution in [1.82, 2.24) is 4.90 Å². The van der Waals surface area contributed by atoms with Gasteiger partial charge in [-0.05, 0) is 75.9 Å². The third-order valence-electron chi connectivity index (χ3n) is 8.34. The van der Waals surface area contributed by atoms with E-state index in [-0.39, 0.29) is 43.6 Å². The molecule has 0 saturated heterocycles. The highest BCUT2D eigenvalue weighted by molar-refractivity contribution is 6.11. The van der Waals surface area contributed by atoms with Crippen LogP contribution in [0, 0.1) is 11.3 Å². The molecule has 1 aliphatic heterocycles.